The zero-order valence-corrected chi connectivity index (χ0v) is 10.6. The molecule has 86 valence electrons. The van der Waals surface area contributed by atoms with E-state index in [1.807, 2.05) is 0 Å². The van der Waals surface area contributed by atoms with Crippen LogP contribution < -0.4 is 0 Å². The SMILES string of the molecule is CCCCC(C)CC(O)(CC)C(C)C. The van der Waals surface area contributed by atoms with Gasteiger partial charge < -0.3 is 5.11 Å². The van der Waals surface area contributed by atoms with Crippen molar-refractivity contribution in [2.75, 3.05) is 0 Å². The van der Waals surface area contributed by atoms with Gasteiger partial charge in [0.15, 0.2) is 0 Å². The predicted octanol–water partition coefficient (Wildman–Crippen LogP) is 4.00. The first kappa shape index (κ1) is 14.0. The van der Waals surface area contributed by atoms with Crippen LogP contribution in [0, 0.1) is 11.8 Å². The van der Waals surface area contributed by atoms with Gasteiger partial charge in [0, 0.05) is 0 Å². The first-order chi connectivity index (χ1) is 6.46. The summed E-state index contributed by atoms with van der Waals surface area (Å²) in [5.41, 5.74) is -0.437. The Bertz CT molecular complexity index is 142. The Morgan fingerprint density at radius 1 is 1.14 bits per heavy atom. The fourth-order valence-electron chi connectivity index (χ4n) is 2.05. The Labute approximate surface area is 89.9 Å². The zero-order chi connectivity index (χ0) is 11.2. The van der Waals surface area contributed by atoms with E-state index in [-0.39, 0.29) is 0 Å². The molecule has 14 heavy (non-hydrogen) atoms. The van der Waals surface area contributed by atoms with Gasteiger partial charge in [0.05, 0.1) is 5.60 Å². The van der Waals surface area contributed by atoms with Crippen LogP contribution in [0.2, 0.25) is 0 Å². The van der Waals surface area contributed by atoms with Gasteiger partial charge in [-0.05, 0) is 24.7 Å². The Morgan fingerprint density at radius 3 is 2.07 bits per heavy atom. The van der Waals surface area contributed by atoms with Crippen LogP contribution in [0.25, 0.3) is 0 Å². The minimum atomic E-state index is -0.437. The summed E-state index contributed by atoms with van der Waals surface area (Å²) in [5.74, 6) is 1.03. The van der Waals surface area contributed by atoms with Gasteiger partial charge in [-0.15, -0.1) is 0 Å². The molecule has 0 aromatic carbocycles. The van der Waals surface area contributed by atoms with Gasteiger partial charge in [-0.25, -0.2) is 0 Å². The van der Waals surface area contributed by atoms with Crippen molar-refractivity contribution in [3.63, 3.8) is 0 Å². The molecule has 0 radical (unpaired) electrons. The molecule has 2 unspecified atom stereocenters. The minimum absolute atomic E-state index is 0.372. The number of rotatable bonds is 7. The van der Waals surface area contributed by atoms with E-state index in [0.29, 0.717) is 11.8 Å². The molecule has 0 aliphatic rings. The highest BCUT2D eigenvalue weighted by Gasteiger charge is 2.30. The molecule has 0 saturated heterocycles. The molecular formula is C13H28O. The van der Waals surface area contributed by atoms with Crippen LogP contribution in [-0.2, 0) is 0 Å². The fourth-order valence-corrected chi connectivity index (χ4v) is 2.05. The molecule has 0 aromatic heterocycles. The molecule has 0 aliphatic carbocycles. The van der Waals surface area contributed by atoms with Gasteiger partial charge in [0.25, 0.3) is 0 Å². The lowest BCUT2D eigenvalue weighted by Crippen LogP contribution is -2.36. The van der Waals surface area contributed by atoms with Crippen molar-refractivity contribution in [2.24, 2.45) is 11.8 Å². The topological polar surface area (TPSA) is 20.2 Å². The summed E-state index contributed by atoms with van der Waals surface area (Å²) in [5, 5.41) is 10.4. The molecule has 0 aliphatic heterocycles. The van der Waals surface area contributed by atoms with Crippen LogP contribution in [0.1, 0.15) is 66.7 Å². The molecule has 1 heteroatoms. The molecule has 2 atom stereocenters. The molecule has 1 N–H and O–H groups in total. The summed E-state index contributed by atoms with van der Waals surface area (Å²) in [7, 11) is 0. The van der Waals surface area contributed by atoms with Crippen molar-refractivity contribution in [1.82, 2.24) is 0 Å². The highest BCUT2D eigenvalue weighted by atomic mass is 16.3. The molecule has 0 heterocycles. The second-order valence-electron chi connectivity index (χ2n) is 5.06. The third-order valence-corrected chi connectivity index (χ3v) is 3.44. The maximum atomic E-state index is 10.4. The first-order valence-electron chi connectivity index (χ1n) is 6.18. The normalized spacial score (nSPS) is 18.2. The van der Waals surface area contributed by atoms with Crippen molar-refractivity contribution in [2.45, 2.75) is 72.3 Å². The molecule has 0 bridgehead atoms. The maximum Gasteiger partial charge on any atom is 0.0670 e. The third-order valence-electron chi connectivity index (χ3n) is 3.44. The molecular weight excluding hydrogens is 172 g/mol. The summed E-state index contributed by atoms with van der Waals surface area (Å²) in [4.78, 5) is 0. The summed E-state index contributed by atoms with van der Waals surface area (Å²) >= 11 is 0. The Balaban J connectivity index is 4.03. The van der Waals surface area contributed by atoms with Gasteiger partial charge >= 0.3 is 0 Å². The van der Waals surface area contributed by atoms with Crippen LogP contribution in [0.4, 0.5) is 0 Å². The van der Waals surface area contributed by atoms with Gasteiger partial charge in [-0.3, -0.25) is 0 Å². The molecule has 0 amide bonds. The number of aliphatic hydroxyl groups is 1. The molecule has 0 spiro atoms. The third kappa shape index (κ3) is 4.45. The van der Waals surface area contributed by atoms with E-state index in [4.69, 9.17) is 0 Å². The second-order valence-corrected chi connectivity index (χ2v) is 5.06. The summed E-state index contributed by atoms with van der Waals surface area (Å²) in [6, 6.07) is 0. The number of hydrogen-bond acceptors (Lipinski definition) is 1. The van der Waals surface area contributed by atoms with Gasteiger partial charge in [-0.1, -0.05) is 53.9 Å². The molecule has 0 aromatic rings. The quantitative estimate of drug-likeness (QED) is 0.658. The lowest BCUT2D eigenvalue weighted by molar-refractivity contribution is -0.0293. The summed E-state index contributed by atoms with van der Waals surface area (Å²) in [6.07, 6.45) is 5.64. The first-order valence-corrected chi connectivity index (χ1v) is 6.18. The van der Waals surface area contributed by atoms with Crippen LogP contribution in [-0.4, -0.2) is 10.7 Å². The predicted molar refractivity (Wildman–Crippen MR) is 63.4 cm³/mol. The molecule has 1 nitrogen and oxygen atoms in total. The van der Waals surface area contributed by atoms with Crippen molar-refractivity contribution in [3.05, 3.63) is 0 Å². The van der Waals surface area contributed by atoms with Crippen molar-refractivity contribution < 1.29 is 5.11 Å². The Kier molecular flexibility index (Phi) is 6.43. The summed E-state index contributed by atoms with van der Waals surface area (Å²) in [6.45, 7) is 10.8. The van der Waals surface area contributed by atoms with E-state index in [9.17, 15) is 5.11 Å². The second kappa shape index (κ2) is 6.44. The van der Waals surface area contributed by atoms with Crippen LogP contribution in [0.15, 0.2) is 0 Å². The fraction of sp³-hybridized carbons (Fsp3) is 1.00. The van der Waals surface area contributed by atoms with E-state index in [2.05, 4.69) is 34.6 Å². The minimum Gasteiger partial charge on any atom is -0.390 e. The maximum absolute atomic E-state index is 10.4. The van der Waals surface area contributed by atoms with E-state index in [1.165, 1.54) is 19.3 Å². The monoisotopic (exact) mass is 200 g/mol. The molecule has 0 rings (SSSR count). The highest BCUT2D eigenvalue weighted by Crippen LogP contribution is 2.30. The average molecular weight is 200 g/mol. The highest BCUT2D eigenvalue weighted by molar-refractivity contribution is 4.82. The standard InChI is InChI=1S/C13H28O/c1-6-8-9-12(5)10-13(14,7-2)11(3)4/h11-12,14H,6-10H2,1-5H3. The van der Waals surface area contributed by atoms with Gasteiger partial charge in [0.1, 0.15) is 0 Å². The van der Waals surface area contributed by atoms with E-state index >= 15 is 0 Å². The van der Waals surface area contributed by atoms with Gasteiger partial charge in [0.2, 0.25) is 0 Å². The Hall–Kier alpha value is -0.0400. The Morgan fingerprint density at radius 2 is 1.71 bits per heavy atom. The van der Waals surface area contributed by atoms with E-state index in [0.717, 1.165) is 12.8 Å². The lowest BCUT2D eigenvalue weighted by atomic mass is 9.79. The smallest absolute Gasteiger partial charge is 0.0670 e. The van der Waals surface area contributed by atoms with E-state index < -0.39 is 5.60 Å². The number of hydrogen-bond donors (Lipinski definition) is 1. The molecule has 0 saturated carbocycles. The summed E-state index contributed by atoms with van der Waals surface area (Å²) < 4.78 is 0. The van der Waals surface area contributed by atoms with Crippen molar-refractivity contribution in [3.8, 4) is 0 Å². The van der Waals surface area contributed by atoms with Crippen molar-refractivity contribution >= 4 is 0 Å². The number of unbranched alkanes of at least 4 members (excludes halogenated alkanes) is 1. The van der Waals surface area contributed by atoms with Gasteiger partial charge in [-0.2, -0.15) is 0 Å². The zero-order valence-electron chi connectivity index (χ0n) is 10.6. The van der Waals surface area contributed by atoms with Crippen molar-refractivity contribution in [1.29, 1.82) is 0 Å². The van der Waals surface area contributed by atoms with Crippen LogP contribution >= 0.6 is 0 Å². The van der Waals surface area contributed by atoms with Crippen LogP contribution in [0.3, 0.4) is 0 Å². The molecule has 0 fully saturated rings. The van der Waals surface area contributed by atoms with E-state index in [1.54, 1.807) is 0 Å². The average Bonchev–Trinajstić information content (AvgIpc) is 2.14. The largest absolute Gasteiger partial charge is 0.390 e. The lowest BCUT2D eigenvalue weighted by Gasteiger charge is -2.33. The van der Waals surface area contributed by atoms with Crippen LogP contribution in [0.5, 0.6) is 0 Å².